The summed E-state index contributed by atoms with van der Waals surface area (Å²) in [4.78, 5) is 28.6. The SMILES string of the molecule is CC(=O)c1c(C)nc(C)[nH]c1=O. The fraction of sp³-hybridized carbons (Fsp3) is 0.375. The van der Waals surface area contributed by atoms with Gasteiger partial charge in [-0.2, -0.15) is 0 Å². The zero-order chi connectivity index (χ0) is 9.30. The van der Waals surface area contributed by atoms with Crippen LogP contribution in [0.5, 0.6) is 0 Å². The molecular formula is C8H10N2O2. The zero-order valence-corrected chi connectivity index (χ0v) is 7.26. The fourth-order valence-electron chi connectivity index (χ4n) is 1.14. The standard InChI is InChI=1S/C8H10N2O2/c1-4-7(5(2)11)8(12)10-6(3)9-4/h1-3H3,(H,9,10,12). The lowest BCUT2D eigenvalue weighted by Crippen LogP contribution is -2.20. The fourth-order valence-corrected chi connectivity index (χ4v) is 1.14. The number of rotatable bonds is 1. The van der Waals surface area contributed by atoms with Crippen molar-refractivity contribution in [3.63, 3.8) is 0 Å². The van der Waals surface area contributed by atoms with Gasteiger partial charge < -0.3 is 4.98 Å². The van der Waals surface area contributed by atoms with E-state index in [0.717, 1.165) is 0 Å². The molecule has 0 spiro atoms. The molecule has 1 rings (SSSR count). The summed E-state index contributed by atoms with van der Waals surface area (Å²) < 4.78 is 0. The average Bonchev–Trinajstić information content (AvgIpc) is 1.82. The molecule has 0 radical (unpaired) electrons. The first kappa shape index (κ1) is 8.64. The Bertz CT molecular complexity index is 379. The third-order valence-electron chi connectivity index (χ3n) is 1.57. The molecule has 0 bridgehead atoms. The number of carbonyl (C=O) groups is 1. The summed E-state index contributed by atoms with van der Waals surface area (Å²) >= 11 is 0. The molecule has 0 saturated carbocycles. The van der Waals surface area contributed by atoms with E-state index in [1.807, 2.05) is 0 Å². The Morgan fingerprint density at radius 1 is 1.42 bits per heavy atom. The minimum atomic E-state index is -0.354. The lowest BCUT2D eigenvalue weighted by molar-refractivity contribution is 0.101. The van der Waals surface area contributed by atoms with Crippen molar-refractivity contribution in [1.82, 2.24) is 9.97 Å². The summed E-state index contributed by atoms with van der Waals surface area (Å²) in [5.41, 5.74) is 0.289. The van der Waals surface area contributed by atoms with Crippen LogP contribution in [0, 0.1) is 13.8 Å². The summed E-state index contributed by atoms with van der Waals surface area (Å²) in [6.45, 7) is 4.69. The highest BCUT2D eigenvalue weighted by molar-refractivity contribution is 5.94. The van der Waals surface area contributed by atoms with Crippen LogP contribution in [0.25, 0.3) is 0 Å². The summed E-state index contributed by atoms with van der Waals surface area (Å²) in [6, 6.07) is 0. The van der Waals surface area contributed by atoms with Gasteiger partial charge in [-0.05, 0) is 20.8 Å². The largest absolute Gasteiger partial charge is 0.310 e. The highest BCUT2D eigenvalue weighted by Gasteiger charge is 2.10. The van der Waals surface area contributed by atoms with E-state index in [2.05, 4.69) is 9.97 Å². The van der Waals surface area contributed by atoms with Gasteiger partial charge in [-0.1, -0.05) is 0 Å². The number of hydrogen-bond donors (Lipinski definition) is 1. The van der Waals surface area contributed by atoms with Gasteiger partial charge in [-0.15, -0.1) is 0 Å². The van der Waals surface area contributed by atoms with E-state index < -0.39 is 0 Å². The number of H-pyrrole nitrogens is 1. The number of Topliss-reactive ketones (excluding diaryl/α,β-unsaturated/α-hetero) is 1. The van der Waals surface area contributed by atoms with E-state index in [1.165, 1.54) is 6.92 Å². The molecule has 0 aliphatic rings. The number of nitrogens with one attached hydrogen (secondary N) is 1. The lowest BCUT2D eigenvalue weighted by Gasteiger charge is -1.99. The number of aryl methyl sites for hydroxylation is 2. The molecule has 1 N–H and O–H groups in total. The Morgan fingerprint density at radius 3 is 2.42 bits per heavy atom. The number of carbonyl (C=O) groups excluding carboxylic acids is 1. The van der Waals surface area contributed by atoms with E-state index in [0.29, 0.717) is 11.5 Å². The first-order valence-electron chi connectivity index (χ1n) is 3.61. The van der Waals surface area contributed by atoms with Crippen molar-refractivity contribution in [3.05, 3.63) is 27.4 Å². The average molecular weight is 166 g/mol. The van der Waals surface area contributed by atoms with Crippen LogP contribution in [0.1, 0.15) is 28.8 Å². The highest BCUT2D eigenvalue weighted by Crippen LogP contribution is 1.98. The van der Waals surface area contributed by atoms with Crippen molar-refractivity contribution >= 4 is 5.78 Å². The molecule has 0 unspecified atom stereocenters. The molecule has 0 saturated heterocycles. The van der Waals surface area contributed by atoms with Gasteiger partial charge in [0.15, 0.2) is 5.78 Å². The zero-order valence-electron chi connectivity index (χ0n) is 7.26. The maximum Gasteiger partial charge on any atom is 0.262 e. The summed E-state index contributed by atoms with van der Waals surface area (Å²) in [5, 5.41) is 0. The maximum absolute atomic E-state index is 11.2. The van der Waals surface area contributed by atoms with Gasteiger partial charge in [0, 0.05) is 0 Å². The molecule has 0 amide bonds. The van der Waals surface area contributed by atoms with E-state index in [9.17, 15) is 9.59 Å². The van der Waals surface area contributed by atoms with Crippen molar-refractivity contribution < 1.29 is 4.79 Å². The minimum absolute atomic E-state index is 0.153. The summed E-state index contributed by atoms with van der Waals surface area (Å²) in [7, 11) is 0. The van der Waals surface area contributed by atoms with E-state index >= 15 is 0 Å². The van der Waals surface area contributed by atoms with Gasteiger partial charge in [0.05, 0.1) is 5.69 Å². The molecule has 0 aliphatic carbocycles. The minimum Gasteiger partial charge on any atom is -0.310 e. The molecule has 12 heavy (non-hydrogen) atoms. The number of aromatic nitrogens is 2. The number of ketones is 1. The van der Waals surface area contributed by atoms with E-state index in [-0.39, 0.29) is 16.9 Å². The van der Waals surface area contributed by atoms with Gasteiger partial charge in [-0.25, -0.2) is 4.98 Å². The predicted molar refractivity (Wildman–Crippen MR) is 44.3 cm³/mol. The van der Waals surface area contributed by atoms with Gasteiger partial charge in [-0.3, -0.25) is 9.59 Å². The van der Waals surface area contributed by atoms with E-state index in [1.54, 1.807) is 13.8 Å². The first-order valence-corrected chi connectivity index (χ1v) is 3.61. The smallest absolute Gasteiger partial charge is 0.262 e. The second kappa shape index (κ2) is 2.89. The molecule has 0 aliphatic heterocycles. The van der Waals surface area contributed by atoms with Crippen LogP contribution in [0.15, 0.2) is 4.79 Å². The quantitative estimate of drug-likeness (QED) is 0.621. The van der Waals surface area contributed by atoms with Crippen LogP contribution in [0.3, 0.4) is 0 Å². The third kappa shape index (κ3) is 1.42. The lowest BCUT2D eigenvalue weighted by atomic mass is 10.2. The van der Waals surface area contributed by atoms with Gasteiger partial charge >= 0.3 is 0 Å². The molecule has 0 fully saturated rings. The van der Waals surface area contributed by atoms with Crippen molar-refractivity contribution in [2.45, 2.75) is 20.8 Å². The molecule has 1 aromatic rings. The summed E-state index contributed by atoms with van der Waals surface area (Å²) in [6.07, 6.45) is 0. The normalized spacial score (nSPS) is 9.92. The van der Waals surface area contributed by atoms with Crippen molar-refractivity contribution in [2.75, 3.05) is 0 Å². The van der Waals surface area contributed by atoms with Crippen LogP contribution < -0.4 is 5.56 Å². The summed E-state index contributed by atoms with van der Waals surface area (Å²) in [5.74, 6) is 0.281. The molecule has 4 heteroatoms. The van der Waals surface area contributed by atoms with Crippen LogP contribution in [-0.4, -0.2) is 15.8 Å². The maximum atomic E-state index is 11.2. The molecule has 64 valence electrons. The molecule has 0 aromatic carbocycles. The molecule has 1 heterocycles. The molecule has 0 atom stereocenters. The van der Waals surface area contributed by atoms with Gasteiger partial charge in [0.2, 0.25) is 0 Å². The van der Waals surface area contributed by atoms with Gasteiger partial charge in [0.1, 0.15) is 11.4 Å². The Morgan fingerprint density at radius 2 is 2.00 bits per heavy atom. The predicted octanol–water partition coefficient (Wildman–Crippen LogP) is 0.589. The van der Waals surface area contributed by atoms with Crippen molar-refractivity contribution in [1.29, 1.82) is 0 Å². The Labute approximate surface area is 69.7 Å². The Kier molecular flexibility index (Phi) is 2.08. The first-order chi connectivity index (χ1) is 5.52. The van der Waals surface area contributed by atoms with Crippen molar-refractivity contribution in [3.8, 4) is 0 Å². The van der Waals surface area contributed by atoms with Crippen LogP contribution in [-0.2, 0) is 0 Å². The number of nitrogens with zero attached hydrogens (tertiary/aromatic N) is 1. The molecule has 4 nitrogen and oxygen atoms in total. The number of hydrogen-bond acceptors (Lipinski definition) is 3. The second-order valence-electron chi connectivity index (χ2n) is 2.67. The van der Waals surface area contributed by atoms with Gasteiger partial charge in [0.25, 0.3) is 5.56 Å². The van der Waals surface area contributed by atoms with Crippen molar-refractivity contribution in [2.24, 2.45) is 0 Å². The Balaban J connectivity index is 3.49. The van der Waals surface area contributed by atoms with Crippen LogP contribution in [0.2, 0.25) is 0 Å². The second-order valence-corrected chi connectivity index (χ2v) is 2.67. The molecule has 1 aromatic heterocycles. The topological polar surface area (TPSA) is 62.8 Å². The number of aromatic amines is 1. The monoisotopic (exact) mass is 166 g/mol. The third-order valence-corrected chi connectivity index (χ3v) is 1.57. The highest BCUT2D eigenvalue weighted by atomic mass is 16.1. The Hall–Kier alpha value is -1.45. The molecular weight excluding hydrogens is 156 g/mol. The van der Waals surface area contributed by atoms with Crippen LogP contribution in [0.4, 0.5) is 0 Å². The van der Waals surface area contributed by atoms with Crippen LogP contribution >= 0.6 is 0 Å². The van der Waals surface area contributed by atoms with E-state index in [4.69, 9.17) is 0 Å².